The fourth-order valence-corrected chi connectivity index (χ4v) is 2.21. The van der Waals surface area contributed by atoms with E-state index in [1.165, 1.54) is 18.2 Å². The summed E-state index contributed by atoms with van der Waals surface area (Å²) in [6.07, 6.45) is 0. The van der Waals surface area contributed by atoms with Gasteiger partial charge in [-0.15, -0.1) is 0 Å². The number of nitro groups is 1. The summed E-state index contributed by atoms with van der Waals surface area (Å²) in [6, 6.07) is 11.4. The largest absolute Gasteiger partial charge is 0.383 e. The summed E-state index contributed by atoms with van der Waals surface area (Å²) in [6.45, 7) is 0. The van der Waals surface area contributed by atoms with Crippen molar-refractivity contribution in [1.82, 2.24) is 0 Å². The molecule has 0 aliphatic heterocycles. The van der Waals surface area contributed by atoms with Gasteiger partial charge in [0.2, 0.25) is 0 Å². The topological polar surface area (TPSA) is 84.3 Å². The molecule has 0 aliphatic carbocycles. The Morgan fingerprint density at radius 3 is 2.62 bits per heavy atom. The van der Waals surface area contributed by atoms with Crippen LogP contribution in [0.25, 0.3) is 0 Å². The highest BCUT2D eigenvalue weighted by atomic mass is 79.9. The van der Waals surface area contributed by atoms with Gasteiger partial charge in [-0.05, 0) is 30.3 Å². The van der Waals surface area contributed by atoms with Crippen LogP contribution in [-0.2, 0) is 0 Å². The smallest absolute Gasteiger partial charge is 0.292 e. The van der Waals surface area contributed by atoms with E-state index in [1.807, 2.05) is 6.07 Å². The number of carbonyl (C=O) groups is 1. The van der Waals surface area contributed by atoms with Crippen LogP contribution in [0.4, 0.5) is 17.1 Å². The number of hydrogen-bond donors (Lipinski definition) is 2. The van der Waals surface area contributed by atoms with Crippen molar-refractivity contribution in [2.75, 3.05) is 17.7 Å². The summed E-state index contributed by atoms with van der Waals surface area (Å²) in [5.41, 5.74) is 1.20. The normalized spacial score (nSPS) is 10.0. The van der Waals surface area contributed by atoms with Crippen molar-refractivity contribution in [2.45, 2.75) is 0 Å². The van der Waals surface area contributed by atoms with Gasteiger partial charge in [0.15, 0.2) is 0 Å². The highest BCUT2D eigenvalue weighted by Crippen LogP contribution is 2.25. The minimum atomic E-state index is -0.498. The van der Waals surface area contributed by atoms with Gasteiger partial charge in [0.1, 0.15) is 5.69 Å². The Bertz CT molecular complexity index is 704. The summed E-state index contributed by atoms with van der Waals surface area (Å²) in [7, 11) is 1.57. The SMILES string of the molecule is CNc1cc(C(=O)Nc2cccc(Br)c2)ccc1[N+](=O)[O-]. The molecule has 0 fully saturated rings. The Morgan fingerprint density at radius 1 is 1.24 bits per heavy atom. The van der Waals surface area contributed by atoms with Crippen LogP contribution in [0.15, 0.2) is 46.9 Å². The van der Waals surface area contributed by atoms with Gasteiger partial charge >= 0.3 is 0 Å². The maximum Gasteiger partial charge on any atom is 0.292 e. The van der Waals surface area contributed by atoms with Gasteiger partial charge in [0.25, 0.3) is 11.6 Å². The molecule has 7 heteroatoms. The molecular weight excluding hydrogens is 338 g/mol. The molecule has 0 saturated heterocycles. The summed E-state index contributed by atoms with van der Waals surface area (Å²) in [5.74, 6) is -0.334. The van der Waals surface area contributed by atoms with Crippen molar-refractivity contribution in [1.29, 1.82) is 0 Å². The summed E-state index contributed by atoms with van der Waals surface area (Å²) in [4.78, 5) is 22.5. The molecule has 2 aromatic rings. The van der Waals surface area contributed by atoms with Gasteiger partial charge in [-0.3, -0.25) is 14.9 Å². The highest BCUT2D eigenvalue weighted by molar-refractivity contribution is 9.10. The molecule has 0 atom stereocenters. The first kappa shape index (κ1) is 15.0. The lowest BCUT2D eigenvalue weighted by atomic mass is 10.1. The summed E-state index contributed by atoms with van der Waals surface area (Å²) in [5, 5.41) is 16.3. The monoisotopic (exact) mass is 349 g/mol. The molecular formula is C14H12BrN3O3. The number of nitrogens with zero attached hydrogens (tertiary/aromatic N) is 1. The lowest BCUT2D eigenvalue weighted by Gasteiger charge is -2.08. The van der Waals surface area contributed by atoms with Crippen LogP contribution in [-0.4, -0.2) is 17.9 Å². The molecule has 0 aliphatic rings. The summed E-state index contributed by atoms with van der Waals surface area (Å²) < 4.78 is 0.847. The third-order valence-electron chi connectivity index (χ3n) is 2.81. The van der Waals surface area contributed by atoms with Crippen molar-refractivity contribution in [3.8, 4) is 0 Å². The molecule has 0 radical (unpaired) electrons. The second-order valence-electron chi connectivity index (χ2n) is 4.20. The molecule has 108 valence electrons. The number of halogens is 1. The van der Waals surface area contributed by atoms with Gasteiger partial charge in [0.05, 0.1) is 4.92 Å². The molecule has 1 amide bonds. The van der Waals surface area contributed by atoms with E-state index in [4.69, 9.17) is 0 Å². The van der Waals surface area contributed by atoms with E-state index in [0.717, 1.165) is 4.47 Å². The second-order valence-corrected chi connectivity index (χ2v) is 5.12. The molecule has 2 aromatic carbocycles. The maximum atomic E-state index is 12.2. The molecule has 0 spiro atoms. The van der Waals surface area contributed by atoms with Crippen LogP contribution in [0.5, 0.6) is 0 Å². The van der Waals surface area contributed by atoms with Gasteiger partial charge in [-0.1, -0.05) is 22.0 Å². The molecule has 2 rings (SSSR count). The fourth-order valence-electron chi connectivity index (χ4n) is 1.81. The molecule has 2 N–H and O–H groups in total. The predicted molar refractivity (Wildman–Crippen MR) is 84.7 cm³/mol. The van der Waals surface area contributed by atoms with E-state index in [2.05, 4.69) is 26.6 Å². The average Bonchev–Trinajstić information content (AvgIpc) is 2.46. The van der Waals surface area contributed by atoms with E-state index in [1.54, 1.807) is 25.2 Å². The Kier molecular flexibility index (Phi) is 4.54. The van der Waals surface area contributed by atoms with Gasteiger partial charge in [-0.2, -0.15) is 0 Å². The number of amides is 1. The van der Waals surface area contributed by atoms with Crippen molar-refractivity contribution in [3.05, 3.63) is 62.6 Å². The Hall–Kier alpha value is -2.41. The fraction of sp³-hybridized carbons (Fsp3) is 0.0714. The first-order chi connectivity index (χ1) is 10.0. The zero-order valence-electron chi connectivity index (χ0n) is 11.1. The molecule has 0 saturated carbocycles. The highest BCUT2D eigenvalue weighted by Gasteiger charge is 2.16. The number of carbonyl (C=O) groups excluding carboxylic acids is 1. The van der Waals surface area contributed by atoms with E-state index in [-0.39, 0.29) is 11.6 Å². The van der Waals surface area contributed by atoms with Gasteiger partial charge < -0.3 is 10.6 Å². The Balaban J connectivity index is 2.25. The molecule has 0 bridgehead atoms. The summed E-state index contributed by atoms with van der Waals surface area (Å²) >= 11 is 3.32. The lowest BCUT2D eigenvalue weighted by molar-refractivity contribution is -0.383. The third kappa shape index (κ3) is 3.57. The van der Waals surface area contributed by atoms with Gasteiger partial charge in [-0.25, -0.2) is 0 Å². The Morgan fingerprint density at radius 2 is 2.00 bits per heavy atom. The van der Waals surface area contributed by atoms with Crippen LogP contribution in [0.3, 0.4) is 0 Å². The van der Waals surface area contributed by atoms with E-state index >= 15 is 0 Å². The van der Waals surface area contributed by atoms with E-state index in [0.29, 0.717) is 16.9 Å². The number of nitrogens with one attached hydrogen (secondary N) is 2. The van der Waals surface area contributed by atoms with Crippen molar-refractivity contribution in [3.63, 3.8) is 0 Å². The lowest BCUT2D eigenvalue weighted by Crippen LogP contribution is -2.12. The minimum absolute atomic E-state index is 0.0727. The first-order valence-corrected chi connectivity index (χ1v) is 6.83. The average molecular weight is 350 g/mol. The zero-order valence-corrected chi connectivity index (χ0v) is 12.7. The standard InChI is InChI=1S/C14H12BrN3O3/c1-16-12-7-9(5-6-13(12)18(20)21)14(19)17-11-4-2-3-10(15)8-11/h2-8,16H,1H3,(H,17,19). The van der Waals surface area contributed by atoms with Crippen molar-refractivity contribution < 1.29 is 9.72 Å². The molecule has 21 heavy (non-hydrogen) atoms. The van der Waals surface area contributed by atoms with Crippen LogP contribution in [0.1, 0.15) is 10.4 Å². The number of benzene rings is 2. The molecule has 0 heterocycles. The number of nitro benzene ring substituents is 1. The van der Waals surface area contributed by atoms with Gasteiger partial charge in [0, 0.05) is 28.8 Å². The number of hydrogen-bond acceptors (Lipinski definition) is 4. The molecule has 6 nitrogen and oxygen atoms in total. The first-order valence-electron chi connectivity index (χ1n) is 6.04. The number of rotatable bonds is 4. The number of anilines is 2. The third-order valence-corrected chi connectivity index (χ3v) is 3.30. The van der Waals surface area contributed by atoms with Crippen LogP contribution < -0.4 is 10.6 Å². The molecule has 0 aromatic heterocycles. The minimum Gasteiger partial charge on any atom is -0.383 e. The quantitative estimate of drug-likeness (QED) is 0.651. The van der Waals surface area contributed by atoms with Crippen LogP contribution in [0, 0.1) is 10.1 Å². The van der Waals surface area contributed by atoms with Crippen LogP contribution in [0.2, 0.25) is 0 Å². The zero-order chi connectivity index (χ0) is 15.4. The second kappa shape index (κ2) is 6.36. The maximum absolute atomic E-state index is 12.2. The van der Waals surface area contributed by atoms with E-state index < -0.39 is 4.92 Å². The Labute approximate surface area is 129 Å². The van der Waals surface area contributed by atoms with Crippen molar-refractivity contribution >= 4 is 38.9 Å². The predicted octanol–water partition coefficient (Wildman–Crippen LogP) is 3.65. The van der Waals surface area contributed by atoms with Crippen molar-refractivity contribution in [2.24, 2.45) is 0 Å². The van der Waals surface area contributed by atoms with E-state index in [9.17, 15) is 14.9 Å². The molecule has 0 unspecified atom stereocenters. The van der Waals surface area contributed by atoms with Crippen LogP contribution >= 0.6 is 15.9 Å².